The zero-order valence-electron chi connectivity index (χ0n) is 10.6. The van der Waals surface area contributed by atoms with Crippen LogP contribution in [0.25, 0.3) is 0 Å². The molecule has 1 heterocycles. The molecule has 1 aromatic heterocycles. The van der Waals surface area contributed by atoms with E-state index in [1.807, 2.05) is 0 Å². The Bertz CT molecular complexity index is 689. The molecule has 112 valence electrons. The second kappa shape index (κ2) is 5.57. The van der Waals surface area contributed by atoms with Crippen molar-refractivity contribution in [2.45, 2.75) is 13.1 Å². The molecular weight excluding hydrogens is 328 g/mol. The highest BCUT2D eigenvalue weighted by Gasteiger charge is 2.31. The average Bonchev–Trinajstić information content (AvgIpc) is 2.33. The predicted molar refractivity (Wildman–Crippen MR) is 75.9 cm³/mol. The van der Waals surface area contributed by atoms with Gasteiger partial charge in [0.2, 0.25) is 5.28 Å². The van der Waals surface area contributed by atoms with Crippen molar-refractivity contribution in [3.8, 4) is 0 Å². The van der Waals surface area contributed by atoms with E-state index >= 15 is 0 Å². The van der Waals surface area contributed by atoms with Crippen LogP contribution in [-0.4, -0.2) is 9.97 Å². The first kappa shape index (κ1) is 15.7. The quantitative estimate of drug-likeness (QED) is 0.796. The highest BCUT2D eigenvalue weighted by molar-refractivity contribution is 6.31. The summed E-state index contributed by atoms with van der Waals surface area (Å²) in [6.45, 7) is 1.60. The number of anilines is 3. The Balaban J connectivity index is 2.43. The van der Waals surface area contributed by atoms with Crippen molar-refractivity contribution in [3.63, 3.8) is 0 Å². The van der Waals surface area contributed by atoms with Gasteiger partial charge < -0.3 is 11.1 Å². The molecule has 0 aliphatic heterocycles. The van der Waals surface area contributed by atoms with Crippen LogP contribution in [0.1, 0.15) is 11.3 Å². The first-order valence-electron chi connectivity index (χ1n) is 5.61. The SMILES string of the molecule is Cc1nc(Cl)nc(Nc2cc(Cl)cc(C(F)(F)F)c2)c1N. The van der Waals surface area contributed by atoms with Gasteiger partial charge in [-0.3, -0.25) is 0 Å². The molecule has 2 rings (SSSR count). The molecule has 0 saturated heterocycles. The lowest BCUT2D eigenvalue weighted by molar-refractivity contribution is -0.137. The highest BCUT2D eigenvalue weighted by Crippen LogP contribution is 2.34. The molecule has 21 heavy (non-hydrogen) atoms. The Labute approximate surface area is 128 Å². The molecule has 0 unspecified atom stereocenters. The maximum absolute atomic E-state index is 12.7. The zero-order chi connectivity index (χ0) is 15.8. The van der Waals surface area contributed by atoms with E-state index in [9.17, 15) is 13.2 Å². The van der Waals surface area contributed by atoms with Crippen molar-refractivity contribution in [1.82, 2.24) is 9.97 Å². The summed E-state index contributed by atoms with van der Waals surface area (Å²) in [5.41, 5.74) is 5.57. The Morgan fingerprint density at radius 2 is 1.81 bits per heavy atom. The normalized spacial score (nSPS) is 11.5. The minimum atomic E-state index is -4.51. The van der Waals surface area contributed by atoms with Gasteiger partial charge in [-0.1, -0.05) is 11.6 Å². The van der Waals surface area contributed by atoms with Crippen molar-refractivity contribution in [3.05, 3.63) is 39.8 Å². The van der Waals surface area contributed by atoms with E-state index in [1.54, 1.807) is 6.92 Å². The van der Waals surface area contributed by atoms with E-state index in [0.29, 0.717) is 5.69 Å². The summed E-state index contributed by atoms with van der Waals surface area (Å²) in [5.74, 6) is 0.114. The first-order chi connectivity index (χ1) is 9.66. The standard InChI is InChI=1S/C12H9Cl2F3N4/c1-5-9(18)10(21-11(14)19-5)20-8-3-6(12(15,16)17)2-7(13)4-8/h2-4H,18H2,1H3,(H,19,20,21). The topological polar surface area (TPSA) is 63.8 Å². The van der Waals surface area contributed by atoms with Crippen molar-refractivity contribution < 1.29 is 13.2 Å². The third-order valence-corrected chi connectivity index (χ3v) is 2.98. The third kappa shape index (κ3) is 3.68. The van der Waals surface area contributed by atoms with Gasteiger partial charge in [-0.05, 0) is 36.7 Å². The van der Waals surface area contributed by atoms with Gasteiger partial charge in [0.1, 0.15) is 0 Å². The van der Waals surface area contributed by atoms with Crippen molar-refractivity contribution >= 4 is 40.4 Å². The second-order valence-electron chi connectivity index (χ2n) is 4.19. The van der Waals surface area contributed by atoms with E-state index in [0.717, 1.165) is 12.1 Å². The smallest absolute Gasteiger partial charge is 0.394 e. The number of aromatic nitrogens is 2. The summed E-state index contributed by atoms with van der Waals surface area (Å²) in [7, 11) is 0. The molecule has 4 nitrogen and oxygen atoms in total. The van der Waals surface area contributed by atoms with Crippen LogP contribution in [0.15, 0.2) is 18.2 Å². The molecule has 0 amide bonds. The van der Waals surface area contributed by atoms with Crippen molar-refractivity contribution in [2.75, 3.05) is 11.1 Å². The highest BCUT2D eigenvalue weighted by atomic mass is 35.5. The summed E-state index contributed by atoms with van der Waals surface area (Å²) in [5, 5.41) is 2.53. The number of nitrogen functional groups attached to an aromatic ring is 1. The van der Waals surface area contributed by atoms with E-state index in [2.05, 4.69) is 15.3 Å². The molecule has 0 bridgehead atoms. The van der Waals surface area contributed by atoms with Crippen LogP contribution < -0.4 is 11.1 Å². The molecule has 9 heteroatoms. The number of halogens is 5. The number of aryl methyl sites for hydroxylation is 1. The third-order valence-electron chi connectivity index (χ3n) is 2.60. The van der Waals surface area contributed by atoms with E-state index in [-0.39, 0.29) is 27.5 Å². The van der Waals surface area contributed by atoms with Gasteiger partial charge in [-0.2, -0.15) is 18.2 Å². The number of hydrogen-bond acceptors (Lipinski definition) is 4. The lowest BCUT2D eigenvalue weighted by atomic mass is 10.2. The van der Waals surface area contributed by atoms with Crippen LogP contribution in [0, 0.1) is 6.92 Å². The molecule has 3 N–H and O–H groups in total. The summed E-state index contributed by atoms with van der Waals surface area (Å²) in [4.78, 5) is 7.68. The summed E-state index contributed by atoms with van der Waals surface area (Å²) >= 11 is 11.4. The predicted octanol–water partition coefficient (Wildman–Crippen LogP) is 4.44. The van der Waals surface area contributed by atoms with Crippen LogP contribution in [0.5, 0.6) is 0 Å². The van der Waals surface area contributed by atoms with Gasteiger partial charge >= 0.3 is 6.18 Å². The molecule has 0 aliphatic rings. The van der Waals surface area contributed by atoms with Crippen LogP contribution >= 0.6 is 23.2 Å². The monoisotopic (exact) mass is 336 g/mol. The molecule has 0 saturated carbocycles. The second-order valence-corrected chi connectivity index (χ2v) is 4.97. The van der Waals surface area contributed by atoms with Crippen LogP contribution in [0.3, 0.4) is 0 Å². The van der Waals surface area contributed by atoms with E-state index in [1.165, 1.54) is 6.07 Å². The Morgan fingerprint density at radius 1 is 1.14 bits per heavy atom. The number of nitrogens with one attached hydrogen (secondary N) is 1. The largest absolute Gasteiger partial charge is 0.416 e. The fraction of sp³-hybridized carbons (Fsp3) is 0.167. The van der Waals surface area contributed by atoms with Gasteiger partial charge in [0.25, 0.3) is 0 Å². The number of benzene rings is 1. The zero-order valence-corrected chi connectivity index (χ0v) is 12.1. The maximum atomic E-state index is 12.7. The molecular formula is C12H9Cl2F3N4. The first-order valence-corrected chi connectivity index (χ1v) is 6.37. The van der Waals surface area contributed by atoms with Gasteiger partial charge in [-0.25, -0.2) is 4.98 Å². The Hall–Kier alpha value is -1.73. The van der Waals surface area contributed by atoms with E-state index < -0.39 is 11.7 Å². The molecule has 0 spiro atoms. The van der Waals surface area contributed by atoms with Gasteiger partial charge in [0, 0.05) is 10.7 Å². The van der Waals surface area contributed by atoms with Crippen molar-refractivity contribution in [2.24, 2.45) is 0 Å². The number of nitrogens with zero attached hydrogens (tertiary/aromatic N) is 2. The molecule has 0 aliphatic carbocycles. The summed E-state index contributed by atoms with van der Waals surface area (Å²) in [6.07, 6.45) is -4.51. The molecule has 0 atom stereocenters. The van der Waals surface area contributed by atoms with Crippen LogP contribution in [0.4, 0.5) is 30.4 Å². The summed E-state index contributed by atoms with van der Waals surface area (Å²) in [6, 6.07) is 3.05. The summed E-state index contributed by atoms with van der Waals surface area (Å²) < 4.78 is 38.2. The molecule has 0 radical (unpaired) electrons. The van der Waals surface area contributed by atoms with Crippen LogP contribution in [-0.2, 0) is 6.18 Å². The fourth-order valence-electron chi connectivity index (χ4n) is 1.60. The molecule has 2 aromatic rings. The van der Waals surface area contributed by atoms with Gasteiger partial charge in [0.15, 0.2) is 5.82 Å². The van der Waals surface area contributed by atoms with Gasteiger partial charge in [0.05, 0.1) is 16.9 Å². The Kier molecular flexibility index (Phi) is 4.15. The molecule has 1 aromatic carbocycles. The number of rotatable bonds is 2. The fourth-order valence-corrected chi connectivity index (χ4v) is 2.05. The lowest BCUT2D eigenvalue weighted by Crippen LogP contribution is -2.07. The van der Waals surface area contributed by atoms with E-state index in [4.69, 9.17) is 28.9 Å². The number of nitrogens with two attached hydrogens (primary N) is 1. The minimum absolute atomic E-state index is 0.0669. The Morgan fingerprint density at radius 3 is 2.43 bits per heavy atom. The van der Waals surface area contributed by atoms with Crippen LogP contribution in [0.2, 0.25) is 10.3 Å². The van der Waals surface area contributed by atoms with Gasteiger partial charge in [-0.15, -0.1) is 0 Å². The molecule has 0 fully saturated rings. The minimum Gasteiger partial charge on any atom is -0.394 e. The maximum Gasteiger partial charge on any atom is 0.416 e. The average molecular weight is 337 g/mol. The number of alkyl halides is 3. The van der Waals surface area contributed by atoms with Crippen molar-refractivity contribution in [1.29, 1.82) is 0 Å². The lowest BCUT2D eigenvalue weighted by Gasteiger charge is -2.13. The number of hydrogen-bond donors (Lipinski definition) is 2.